The number of rotatable bonds is 4. The molecule has 92 valence electrons. The fourth-order valence-corrected chi connectivity index (χ4v) is 1.40. The van der Waals surface area contributed by atoms with Crippen LogP contribution in [0.25, 0.3) is 0 Å². The number of carboxylic acid groups (broad SMARTS) is 1. The third-order valence-corrected chi connectivity index (χ3v) is 2.07. The van der Waals surface area contributed by atoms with Crippen LogP contribution in [0.1, 0.15) is 25.0 Å². The van der Waals surface area contributed by atoms with Gasteiger partial charge in [-0.05, 0) is 6.07 Å². The highest BCUT2D eigenvalue weighted by molar-refractivity contribution is 5.89. The topological polar surface area (TPSA) is 86.6 Å². The Hall–Kier alpha value is -1.95. The number of aliphatic hydroxyl groups is 1. The van der Waals surface area contributed by atoms with Gasteiger partial charge in [-0.3, -0.25) is 9.59 Å². The van der Waals surface area contributed by atoms with E-state index in [1.807, 2.05) is 0 Å². The maximum absolute atomic E-state index is 13.4. The van der Waals surface area contributed by atoms with Crippen LogP contribution in [0, 0.1) is 5.82 Å². The van der Waals surface area contributed by atoms with E-state index < -0.39 is 30.2 Å². The monoisotopic (exact) mass is 241 g/mol. The zero-order chi connectivity index (χ0) is 13.0. The lowest BCUT2D eigenvalue weighted by molar-refractivity contribution is -0.139. The molecule has 5 nitrogen and oxygen atoms in total. The molecule has 0 aliphatic rings. The summed E-state index contributed by atoms with van der Waals surface area (Å²) in [7, 11) is 0. The molecule has 17 heavy (non-hydrogen) atoms. The van der Waals surface area contributed by atoms with Crippen molar-refractivity contribution < 1.29 is 24.2 Å². The molecule has 1 aromatic rings. The Kier molecular flexibility index (Phi) is 4.17. The molecular formula is C11H12FNO4. The molecule has 1 atom stereocenters. The molecule has 0 saturated carbocycles. The van der Waals surface area contributed by atoms with E-state index in [9.17, 15) is 19.1 Å². The first-order chi connectivity index (χ1) is 7.91. The predicted octanol–water partition coefficient (Wildman–Crippen LogP) is 1.29. The molecule has 0 bridgehead atoms. The number of carbonyl (C=O) groups is 2. The Morgan fingerprint density at radius 1 is 1.47 bits per heavy atom. The first kappa shape index (κ1) is 13.1. The van der Waals surface area contributed by atoms with Crippen LogP contribution in [0.4, 0.5) is 10.1 Å². The molecule has 3 N–H and O–H groups in total. The molecule has 0 spiro atoms. The second kappa shape index (κ2) is 5.40. The van der Waals surface area contributed by atoms with E-state index in [0.29, 0.717) is 0 Å². The lowest BCUT2D eigenvalue weighted by Crippen LogP contribution is -2.13. The Morgan fingerprint density at radius 3 is 2.65 bits per heavy atom. The van der Waals surface area contributed by atoms with Gasteiger partial charge >= 0.3 is 5.97 Å². The molecule has 0 saturated heterocycles. The number of amides is 1. The molecule has 0 aromatic heterocycles. The summed E-state index contributed by atoms with van der Waals surface area (Å²) in [5.74, 6) is -2.43. The SMILES string of the molecule is CC(=O)Nc1c(F)cccc1C(O)CC(=O)O. The fraction of sp³-hybridized carbons (Fsp3) is 0.273. The normalized spacial score (nSPS) is 11.9. The lowest BCUT2D eigenvalue weighted by Gasteiger charge is -2.14. The number of halogens is 1. The number of benzene rings is 1. The van der Waals surface area contributed by atoms with E-state index in [1.165, 1.54) is 19.1 Å². The van der Waals surface area contributed by atoms with E-state index in [2.05, 4.69) is 5.32 Å². The van der Waals surface area contributed by atoms with Crippen LogP contribution in [-0.4, -0.2) is 22.1 Å². The van der Waals surface area contributed by atoms with Crippen molar-refractivity contribution in [2.24, 2.45) is 0 Å². The van der Waals surface area contributed by atoms with Gasteiger partial charge in [0.05, 0.1) is 18.2 Å². The zero-order valence-electron chi connectivity index (χ0n) is 9.11. The van der Waals surface area contributed by atoms with Crippen LogP contribution in [0.2, 0.25) is 0 Å². The number of hydrogen-bond acceptors (Lipinski definition) is 3. The molecule has 1 rings (SSSR count). The Labute approximate surface area is 96.9 Å². The summed E-state index contributed by atoms with van der Waals surface area (Å²) >= 11 is 0. The van der Waals surface area contributed by atoms with Crippen molar-refractivity contribution in [3.05, 3.63) is 29.6 Å². The first-order valence-electron chi connectivity index (χ1n) is 4.87. The van der Waals surface area contributed by atoms with Crippen molar-refractivity contribution in [1.82, 2.24) is 0 Å². The maximum Gasteiger partial charge on any atom is 0.306 e. The van der Waals surface area contributed by atoms with Gasteiger partial charge in [0.2, 0.25) is 5.91 Å². The van der Waals surface area contributed by atoms with E-state index in [4.69, 9.17) is 5.11 Å². The number of carbonyl (C=O) groups excluding carboxylic acids is 1. The van der Waals surface area contributed by atoms with Gasteiger partial charge < -0.3 is 15.5 Å². The smallest absolute Gasteiger partial charge is 0.306 e. The highest BCUT2D eigenvalue weighted by Gasteiger charge is 2.18. The van der Waals surface area contributed by atoms with Crippen LogP contribution < -0.4 is 5.32 Å². The quantitative estimate of drug-likeness (QED) is 0.741. The summed E-state index contributed by atoms with van der Waals surface area (Å²) in [5, 5.41) is 20.4. The molecule has 0 aliphatic heterocycles. The number of hydrogen-bond donors (Lipinski definition) is 3. The highest BCUT2D eigenvalue weighted by Crippen LogP contribution is 2.27. The van der Waals surface area contributed by atoms with Crippen LogP contribution in [0.3, 0.4) is 0 Å². The molecule has 1 unspecified atom stereocenters. The van der Waals surface area contributed by atoms with E-state index in [1.54, 1.807) is 0 Å². The predicted molar refractivity (Wildman–Crippen MR) is 57.9 cm³/mol. The summed E-state index contributed by atoms with van der Waals surface area (Å²) in [4.78, 5) is 21.3. The fourth-order valence-electron chi connectivity index (χ4n) is 1.40. The third kappa shape index (κ3) is 3.53. The second-order valence-corrected chi connectivity index (χ2v) is 3.50. The Bertz CT molecular complexity index is 447. The number of aliphatic hydroxyl groups excluding tert-OH is 1. The average molecular weight is 241 g/mol. The second-order valence-electron chi connectivity index (χ2n) is 3.50. The van der Waals surface area contributed by atoms with Crippen LogP contribution >= 0.6 is 0 Å². The van der Waals surface area contributed by atoms with E-state index >= 15 is 0 Å². The molecule has 1 amide bonds. The molecule has 6 heteroatoms. The van der Waals surface area contributed by atoms with Gasteiger partial charge in [-0.25, -0.2) is 4.39 Å². The summed E-state index contributed by atoms with van der Waals surface area (Å²) in [6, 6.07) is 3.81. The van der Waals surface area contributed by atoms with Crippen molar-refractivity contribution in [2.45, 2.75) is 19.4 Å². The number of anilines is 1. The summed E-state index contributed by atoms with van der Waals surface area (Å²) in [5.41, 5.74) is -0.142. The van der Waals surface area contributed by atoms with E-state index in [-0.39, 0.29) is 11.3 Å². The summed E-state index contributed by atoms with van der Waals surface area (Å²) in [6.07, 6.45) is -1.93. The van der Waals surface area contributed by atoms with Gasteiger partial charge in [-0.2, -0.15) is 0 Å². The lowest BCUT2D eigenvalue weighted by atomic mass is 10.0. The van der Waals surface area contributed by atoms with E-state index in [0.717, 1.165) is 6.07 Å². The first-order valence-corrected chi connectivity index (χ1v) is 4.87. The van der Waals surface area contributed by atoms with Gasteiger partial charge in [0.25, 0.3) is 0 Å². The van der Waals surface area contributed by atoms with Crippen LogP contribution in [0.15, 0.2) is 18.2 Å². The van der Waals surface area contributed by atoms with Crippen molar-refractivity contribution in [3.63, 3.8) is 0 Å². The minimum atomic E-state index is -1.37. The third-order valence-electron chi connectivity index (χ3n) is 2.07. The van der Waals surface area contributed by atoms with Crippen molar-refractivity contribution >= 4 is 17.6 Å². The molecule has 0 fully saturated rings. The van der Waals surface area contributed by atoms with Gasteiger partial charge in [0.15, 0.2) is 0 Å². The standard InChI is InChI=1S/C11H12FNO4/c1-6(14)13-11-7(3-2-4-8(11)12)9(15)5-10(16)17/h2-4,9,15H,5H2,1H3,(H,13,14)(H,16,17). The Balaban J connectivity index is 3.09. The van der Waals surface area contributed by atoms with Gasteiger partial charge in [-0.15, -0.1) is 0 Å². The summed E-state index contributed by atoms with van der Waals surface area (Å²) in [6.45, 7) is 1.19. The molecule has 0 radical (unpaired) electrons. The Morgan fingerprint density at radius 2 is 2.12 bits per heavy atom. The van der Waals surface area contributed by atoms with Crippen molar-refractivity contribution in [2.75, 3.05) is 5.32 Å². The molecule has 0 aliphatic carbocycles. The highest BCUT2D eigenvalue weighted by atomic mass is 19.1. The van der Waals surface area contributed by atoms with Crippen LogP contribution in [0.5, 0.6) is 0 Å². The summed E-state index contributed by atoms with van der Waals surface area (Å²) < 4.78 is 13.4. The molecular weight excluding hydrogens is 229 g/mol. The minimum Gasteiger partial charge on any atom is -0.481 e. The van der Waals surface area contributed by atoms with Crippen molar-refractivity contribution in [3.8, 4) is 0 Å². The zero-order valence-corrected chi connectivity index (χ0v) is 9.11. The van der Waals surface area contributed by atoms with Gasteiger partial charge in [-0.1, -0.05) is 12.1 Å². The number of carboxylic acids is 1. The average Bonchev–Trinajstić information content (AvgIpc) is 2.19. The number of nitrogens with one attached hydrogen (secondary N) is 1. The number of para-hydroxylation sites is 1. The minimum absolute atomic E-state index is 0.0441. The van der Waals surface area contributed by atoms with Crippen LogP contribution in [-0.2, 0) is 9.59 Å². The molecule has 0 heterocycles. The van der Waals surface area contributed by atoms with Gasteiger partial charge in [0, 0.05) is 12.5 Å². The largest absolute Gasteiger partial charge is 0.481 e. The van der Waals surface area contributed by atoms with Crippen molar-refractivity contribution in [1.29, 1.82) is 0 Å². The maximum atomic E-state index is 13.4. The number of aliphatic carboxylic acids is 1. The molecule has 1 aromatic carbocycles. The van der Waals surface area contributed by atoms with Gasteiger partial charge in [0.1, 0.15) is 5.82 Å².